The minimum Gasteiger partial charge on any atom is -0.464 e. The van der Waals surface area contributed by atoms with Crippen molar-refractivity contribution < 1.29 is 19.1 Å². The minimum atomic E-state index is -1.10. The Labute approximate surface area is 133 Å². The molecule has 22 heavy (non-hydrogen) atoms. The minimum absolute atomic E-state index is 0.0179. The number of alkyl halides is 1. The second-order valence-electron chi connectivity index (χ2n) is 4.98. The molecule has 5 nitrogen and oxygen atoms in total. The van der Waals surface area contributed by atoms with Crippen LogP contribution in [-0.2, 0) is 9.53 Å². The first kappa shape index (κ1) is 16.4. The first-order valence-electron chi connectivity index (χ1n) is 6.98. The van der Waals surface area contributed by atoms with Crippen LogP contribution >= 0.6 is 11.6 Å². The van der Waals surface area contributed by atoms with Gasteiger partial charge in [0.15, 0.2) is 5.78 Å². The summed E-state index contributed by atoms with van der Waals surface area (Å²) in [5.74, 6) is -1.10. The Kier molecular flexibility index (Phi) is 5.08. The van der Waals surface area contributed by atoms with Crippen molar-refractivity contribution in [2.45, 2.75) is 31.7 Å². The molecule has 0 fully saturated rings. The number of aliphatic imine (C=N–C) groups is 1. The fourth-order valence-electron chi connectivity index (χ4n) is 2.19. The van der Waals surface area contributed by atoms with Crippen LogP contribution in [-0.4, -0.2) is 41.3 Å². The zero-order valence-corrected chi connectivity index (χ0v) is 13.1. The Morgan fingerprint density at radius 1 is 1.32 bits per heavy atom. The SMILES string of the molecule is CC[C@H](COC(C)=O)N=C1C(=O)c2ccccc2C(=O)C1Cl. The van der Waals surface area contributed by atoms with Crippen molar-refractivity contribution in [3.8, 4) is 0 Å². The monoisotopic (exact) mass is 321 g/mol. The Balaban J connectivity index is 2.34. The van der Waals surface area contributed by atoms with Gasteiger partial charge in [0.05, 0.1) is 6.04 Å². The van der Waals surface area contributed by atoms with Gasteiger partial charge in [-0.05, 0) is 6.42 Å². The van der Waals surface area contributed by atoms with Crippen LogP contribution in [0.5, 0.6) is 0 Å². The van der Waals surface area contributed by atoms with E-state index in [1.807, 2.05) is 6.92 Å². The van der Waals surface area contributed by atoms with Gasteiger partial charge in [-0.3, -0.25) is 19.4 Å². The van der Waals surface area contributed by atoms with Gasteiger partial charge in [-0.2, -0.15) is 0 Å². The van der Waals surface area contributed by atoms with Gasteiger partial charge >= 0.3 is 5.97 Å². The van der Waals surface area contributed by atoms with E-state index in [4.69, 9.17) is 16.3 Å². The maximum Gasteiger partial charge on any atom is 0.302 e. The lowest BCUT2D eigenvalue weighted by Gasteiger charge is -2.21. The zero-order valence-electron chi connectivity index (χ0n) is 12.3. The topological polar surface area (TPSA) is 72.8 Å². The van der Waals surface area contributed by atoms with Crippen LogP contribution < -0.4 is 0 Å². The molecule has 1 aliphatic carbocycles. The number of fused-ring (bicyclic) bond motifs is 1. The average Bonchev–Trinajstić information content (AvgIpc) is 2.52. The highest BCUT2D eigenvalue weighted by Gasteiger charge is 2.37. The van der Waals surface area contributed by atoms with E-state index in [0.29, 0.717) is 17.5 Å². The number of benzene rings is 1. The molecular formula is C16H16ClNO4. The first-order chi connectivity index (χ1) is 10.5. The van der Waals surface area contributed by atoms with E-state index >= 15 is 0 Å². The van der Waals surface area contributed by atoms with Crippen LogP contribution in [0, 0.1) is 0 Å². The lowest BCUT2D eigenvalue weighted by molar-refractivity contribution is -0.141. The second kappa shape index (κ2) is 6.83. The Bertz CT molecular complexity index is 653. The van der Waals surface area contributed by atoms with E-state index in [0.717, 1.165) is 0 Å². The standard InChI is InChI=1S/C16H16ClNO4/c1-3-10(8-22-9(2)19)18-14-13(17)15(20)11-6-4-5-7-12(11)16(14)21/h4-7,10,13H,3,8H2,1-2H3/t10-,13?/m1/s1. The van der Waals surface area contributed by atoms with E-state index in [1.165, 1.54) is 6.92 Å². The number of hydrogen-bond acceptors (Lipinski definition) is 5. The molecule has 1 aromatic carbocycles. The molecule has 0 bridgehead atoms. The zero-order chi connectivity index (χ0) is 16.3. The summed E-state index contributed by atoms with van der Waals surface area (Å²) in [6.45, 7) is 3.21. The fourth-order valence-corrected chi connectivity index (χ4v) is 2.46. The number of rotatable bonds is 4. The summed E-state index contributed by atoms with van der Waals surface area (Å²) in [6, 6.07) is 6.14. The largest absolute Gasteiger partial charge is 0.464 e. The molecule has 0 spiro atoms. The molecule has 0 heterocycles. The van der Waals surface area contributed by atoms with Gasteiger partial charge in [0, 0.05) is 18.1 Å². The number of nitrogens with zero attached hydrogens (tertiary/aromatic N) is 1. The molecule has 1 unspecified atom stereocenters. The lowest BCUT2D eigenvalue weighted by atomic mass is 9.87. The summed E-state index contributed by atoms with van der Waals surface area (Å²) in [7, 11) is 0. The van der Waals surface area contributed by atoms with Crippen molar-refractivity contribution >= 4 is 34.8 Å². The molecule has 6 heteroatoms. The van der Waals surface area contributed by atoms with Crippen molar-refractivity contribution in [3.63, 3.8) is 0 Å². The fraction of sp³-hybridized carbons (Fsp3) is 0.375. The van der Waals surface area contributed by atoms with E-state index in [1.54, 1.807) is 24.3 Å². The second-order valence-corrected chi connectivity index (χ2v) is 5.42. The van der Waals surface area contributed by atoms with E-state index in [2.05, 4.69) is 4.99 Å². The summed E-state index contributed by atoms with van der Waals surface area (Å²) >= 11 is 6.11. The molecule has 2 rings (SSSR count). The van der Waals surface area contributed by atoms with Gasteiger partial charge in [0.25, 0.3) is 0 Å². The molecular weight excluding hydrogens is 306 g/mol. The highest BCUT2D eigenvalue weighted by molar-refractivity contribution is 6.64. The molecule has 1 aromatic rings. The maximum atomic E-state index is 12.5. The van der Waals surface area contributed by atoms with Gasteiger partial charge in [-0.1, -0.05) is 31.2 Å². The van der Waals surface area contributed by atoms with Crippen LogP contribution in [0.2, 0.25) is 0 Å². The summed E-state index contributed by atoms with van der Waals surface area (Å²) < 4.78 is 4.92. The number of ether oxygens (including phenoxy) is 1. The third-order valence-corrected chi connectivity index (χ3v) is 3.82. The third kappa shape index (κ3) is 3.25. The molecule has 0 saturated carbocycles. The molecule has 0 aromatic heterocycles. The predicted molar refractivity (Wildman–Crippen MR) is 82.9 cm³/mol. The molecule has 116 valence electrons. The highest BCUT2D eigenvalue weighted by atomic mass is 35.5. The summed E-state index contributed by atoms with van der Waals surface area (Å²) in [5.41, 5.74) is 0.648. The number of carbonyl (C=O) groups is 3. The Morgan fingerprint density at radius 2 is 1.95 bits per heavy atom. The van der Waals surface area contributed by atoms with Gasteiger partial charge in [-0.15, -0.1) is 11.6 Å². The number of hydrogen-bond donors (Lipinski definition) is 0. The number of carbonyl (C=O) groups excluding carboxylic acids is 3. The molecule has 0 amide bonds. The van der Waals surface area contributed by atoms with Crippen LogP contribution in [0.25, 0.3) is 0 Å². The highest BCUT2D eigenvalue weighted by Crippen LogP contribution is 2.24. The third-order valence-electron chi connectivity index (χ3n) is 3.41. The molecule has 1 aliphatic rings. The van der Waals surface area contributed by atoms with Crippen LogP contribution in [0.1, 0.15) is 41.0 Å². The predicted octanol–water partition coefficient (Wildman–Crippen LogP) is 2.46. The first-order valence-corrected chi connectivity index (χ1v) is 7.42. The Morgan fingerprint density at radius 3 is 2.55 bits per heavy atom. The van der Waals surface area contributed by atoms with Gasteiger partial charge in [0.1, 0.15) is 17.7 Å². The Hall–Kier alpha value is -2.01. The lowest BCUT2D eigenvalue weighted by Crippen LogP contribution is -2.39. The molecule has 0 radical (unpaired) electrons. The van der Waals surface area contributed by atoms with Crippen molar-refractivity contribution in [1.82, 2.24) is 0 Å². The maximum absolute atomic E-state index is 12.5. The van der Waals surface area contributed by atoms with E-state index in [9.17, 15) is 14.4 Å². The number of ketones is 2. The average molecular weight is 322 g/mol. The number of halogens is 1. The summed E-state index contributed by atoms with van der Waals surface area (Å²) in [5, 5.41) is -1.10. The normalized spacial score (nSPS) is 20.7. The molecule has 2 atom stereocenters. The van der Waals surface area contributed by atoms with Crippen molar-refractivity contribution in [3.05, 3.63) is 35.4 Å². The summed E-state index contributed by atoms with van der Waals surface area (Å²) in [6.07, 6.45) is 0.559. The van der Waals surface area contributed by atoms with E-state index in [-0.39, 0.29) is 23.9 Å². The van der Waals surface area contributed by atoms with Gasteiger partial charge in [0.2, 0.25) is 5.78 Å². The van der Waals surface area contributed by atoms with Crippen LogP contribution in [0.4, 0.5) is 0 Å². The van der Waals surface area contributed by atoms with Crippen molar-refractivity contribution in [2.24, 2.45) is 4.99 Å². The van der Waals surface area contributed by atoms with Crippen molar-refractivity contribution in [1.29, 1.82) is 0 Å². The quantitative estimate of drug-likeness (QED) is 0.630. The molecule has 0 N–H and O–H groups in total. The van der Waals surface area contributed by atoms with Crippen LogP contribution in [0.15, 0.2) is 29.3 Å². The number of esters is 1. The van der Waals surface area contributed by atoms with Gasteiger partial charge in [-0.25, -0.2) is 0 Å². The van der Waals surface area contributed by atoms with Crippen molar-refractivity contribution in [2.75, 3.05) is 6.61 Å². The number of Topliss-reactive ketones (excluding diaryl/α,β-unsaturated/α-hetero) is 2. The van der Waals surface area contributed by atoms with Crippen LogP contribution in [0.3, 0.4) is 0 Å². The molecule has 0 saturated heterocycles. The van der Waals surface area contributed by atoms with E-state index < -0.39 is 17.4 Å². The molecule has 0 aliphatic heterocycles. The smallest absolute Gasteiger partial charge is 0.302 e. The van der Waals surface area contributed by atoms with Gasteiger partial charge < -0.3 is 4.74 Å². The summed E-state index contributed by atoms with van der Waals surface area (Å²) in [4.78, 5) is 39.9.